The first kappa shape index (κ1) is 15.3. The van der Waals surface area contributed by atoms with Crippen LogP contribution in [0.2, 0.25) is 0 Å². The minimum atomic E-state index is -0.338. The van der Waals surface area contributed by atoms with Gasteiger partial charge in [-0.25, -0.2) is 0 Å². The second-order valence-electron chi connectivity index (χ2n) is 2.84. The molecule has 0 saturated heterocycles. The van der Waals surface area contributed by atoms with Gasteiger partial charge < -0.3 is 26.0 Å². The maximum Gasteiger partial charge on any atom is 0.0634 e. The number of hydrogen-bond acceptors (Lipinski definition) is 5. The molecule has 0 bridgehead atoms. The predicted molar refractivity (Wildman–Crippen MR) is 52.4 cm³/mol. The van der Waals surface area contributed by atoms with Crippen LogP contribution in [0.5, 0.6) is 0 Å². The fraction of sp³-hybridized carbons (Fsp3) is 1.00. The third-order valence-corrected chi connectivity index (χ3v) is 1.30. The highest BCUT2D eigenvalue weighted by molar-refractivity contribution is 4.45. The molecule has 0 spiro atoms. The summed E-state index contributed by atoms with van der Waals surface area (Å²) in [5.74, 6) is 0. The van der Waals surface area contributed by atoms with Crippen molar-refractivity contribution in [3.8, 4) is 0 Å². The summed E-state index contributed by atoms with van der Waals surface area (Å²) in [4.78, 5) is 1.86. The van der Waals surface area contributed by atoms with Gasteiger partial charge in [-0.3, -0.25) is 0 Å². The summed E-state index contributed by atoms with van der Waals surface area (Å²) in [5.41, 5.74) is 4.92. The Morgan fingerprint density at radius 2 is 1.54 bits per heavy atom. The second kappa shape index (κ2) is 11.8. The minimum Gasteiger partial charge on any atom is -0.395 e. The molecule has 13 heavy (non-hydrogen) atoms. The Balaban J connectivity index is 0. The lowest BCUT2D eigenvalue weighted by atomic mass is 10.4. The molecule has 1 unspecified atom stereocenters. The van der Waals surface area contributed by atoms with Crippen molar-refractivity contribution >= 4 is 0 Å². The number of aliphatic hydroxyl groups excluding tert-OH is 3. The van der Waals surface area contributed by atoms with E-state index in [0.29, 0.717) is 19.6 Å². The van der Waals surface area contributed by atoms with Gasteiger partial charge in [0.25, 0.3) is 0 Å². The van der Waals surface area contributed by atoms with E-state index in [2.05, 4.69) is 0 Å². The zero-order chi connectivity index (χ0) is 10.7. The molecule has 0 aromatic rings. The van der Waals surface area contributed by atoms with E-state index in [-0.39, 0.29) is 19.3 Å². The molecule has 0 fully saturated rings. The number of hydrogen-bond donors (Lipinski definition) is 4. The molecule has 5 nitrogen and oxygen atoms in total. The zero-order valence-electron chi connectivity index (χ0n) is 8.48. The van der Waals surface area contributed by atoms with Crippen LogP contribution in [0, 0.1) is 0 Å². The van der Waals surface area contributed by atoms with Gasteiger partial charge in [-0.2, -0.15) is 0 Å². The van der Waals surface area contributed by atoms with Crippen molar-refractivity contribution in [3.05, 3.63) is 0 Å². The Labute approximate surface area is 79.8 Å². The average Bonchev–Trinajstić information content (AvgIpc) is 2.06. The summed E-state index contributed by atoms with van der Waals surface area (Å²) in [6, 6.07) is 0. The number of likely N-dealkylation sites (N-methyl/N-ethyl adjacent to an activating group) is 1. The summed E-state index contributed by atoms with van der Waals surface area (Å²) in [6.45, 7) is 3.62. The molecular formula is C8H22N2O3. The summed E-state index contributed by atoms with van der Waals surface area (Å²) in [5, 5.41) is 24.9. The Kier molecular flexibility index (Phi) is 13.9. The SMILES string of the molecule is CC(O)CN.CN(CCO)CCO. The highest BCUT2D eigenvalue weighted by Crippen LogP contribution is 1.76. The number of nitrogens with two attached hydrogens (primary N) is 1. The quantitative estimate of drug-likeness (QED) is 0.416. The molecule has 0 amide bonds. The van der Waals surface area contributed by atoms with Gasteiger partial charge in [0.15, 0.2) is 0 Å². The number of nitrogens with zero attached hydrogens (tertiary/aromatic N) is 1. The van der Waals surface area contributed by atoms with Crippen LogP contribution >= 0.6 is 0 Å². The molecular weight excluding hydrogens is 172 g/mol. The van der Waals surface area contributed by atoms with E-state index in [1.54, 1.807) is 6.92 Å². The van der Waals surface area contributed by atoms with E-state index >= 15 is 0 Å². The third-order valence-electron chi connectivity index (χ3n) is 1.30. The third kappa shape index (κ3) is 18.6. The fourth-order valence-electron chi connectivity index (χ4n) is 0.453. The highest BCUT2D eigenvalue weighted by atomic mass is 16.3. The molecule has 0 aliphatic heterocycles. The van der Waals surface area contributed by atoms with Crippen LogP contribution in [0.15, 0.2) is 0 Å². The molecule has 0 aliphatic carbocycles. The lowest BCUT2D eigenvalue weighted by Crippen LogP contribution is -2.25. The minimum absolute atomic E-state index is 0.163. The highest BCUT2D eigenvalue weighted by Gasteiger charge is 1.91. The Hall–Kier alpha value is -0.200. The normalized spacial score (nSPS) is 12.2. The lowest BCUT2D eigenvalue weighted by Gasteiger charge is -2.11. The number of rotatable bonds is 5. The molecule has 0 radical (unpaired) electrons. The Morgan fingerprint density at radius 3 is 1.69 bits per heavy atom. The summed E-state index contributed by atoms with van der Waals surface area (Å²) < 4.78 is 0. The molecule has 82 valence electrons. The van der Waals surface area contributed by atoms with Gasteiger partial charge in [0.2, 0.25) is 0 Å². The van der Waals surface area contributed by atoms with E-state index in [1.807, 2.05) is 11.9 Å². The molecule has 0 heterocycles. The Bertz CT molecular complexity index is 85.5. The van der Waals surface area contributed by atoms with Gasteiger partial charge in [-0.15, -0.1) is 0 Å². The van der Waals surface area contributed by atoms with Gasteiger partial charge in [-0.05, 0) is 14.0 Å². The van der Waals surface area contributed by atoms with Crippen molar-refractivity contribution in [2.24, 2.45) is 5.73 Å². The molecule has 5 N–H and O–H groups in total. The maximum atomic E-state index is 8.34. The van der Waals surface area contributed by atoms with E-state index in [0.717, 1.165) is 0 Å². The van der Waals surface area contributed by atoms with Crippen LogP contribution in [-0.4, -0.2) is 66.2 Å². The van der Waals surface area contributed by atoms with Crippen molar-refractivity contribution < 1.29 is 15.3 Å². The van der Waals surface area contributed by atoms with Gasteiger partial charge in [0.05, 0.1) is 19.3 Å². The average molecular weight is 194 g/mol. The second-order valence-corrected chi connectivity index (χ2v) is 2.84. The standard InChI is InChI=1S/C5H13NO2.C3H9NO/c1-6(2-4-7)3-5-8;1-3(5)2-4/h7-8H,2-5H2,1H3;3,5H,2,4H2,1H3. The van der Waals surface area contributed by atoms with Crippen molar-refractivity contribution in [2.45, 2.75) is 13.0 Å². The van der Waals surface area contributed by atoms with Crippen molar-refractivity contribution in [2.75, 3.05) is 39.9 Å². The Morgan fingerprint density at radius 1 is 1.23 bits per heavy atom. The lowest BCUT2D eigenvalue weighted by molar-refractivity contribution is 0.184. The monoisotopic (exact) mass is 194 g/mol. The van der Waals surface area contributed by atoms with Gasteiger partial charge in [-0.1, -0.05) is 0 Å². The first-order valence-electron chi connectivity index (χ1n) is 4.36. The largest absolute Gasteiger partial charge is 0.395 e. The van der Waals surface area contributed by atoms with E-state index in [1.165, 1.54) is 0 Å². The first-order valence-corrected chi connectivity index (χ1v) is 4.36. The van der Waals surface area contributed by atoms with Crippen LogP contribution in [0.4, 0.5) is 0 Å². The first-order chi connectivity index (χ1) is 6.08. The van der Waals surface area contributed by atoms with Crippen molar-refractivity contribution in [3.63, 3.8) is 0 Å². The fourth-order valence-corrected chi connectivity index (χ4v) is 0.453. The van der Waals surface area contributed by atoms with Crippen LogP contribution in [0.1, 0.15) is 6.92 Å². The molecule has 0 aromatic heterocycles. The summed E-state index contributed by atoms with van der Waals surface area (Å²) in [7, 11) is 1.85. The zero-order valence-corrected chi connectivity index (χ0v) is 8.48. The van der Waals surface area contributed by atoms with Crippen LogP contribution < -0.4 is 5.73 Å². The van der Waals surface area contributed by atoms with Gasteiger partial charge >= 0.3 is 0 Å². The smallest absolute Gasteiger partial charge is 0.0634 e. The summed E-state index contributed by atoms with van der Waals surface area (Å²) >= 11 is 0. The van der Waals surface area contributed by atoms with E-state index < -0.39 is 0 Å². The van der Waals surface area contributed by atoms with Crippen LogP contribution in [0.3, 0.4) is 0 Å². The van der Waals surface area contributed by atoms with Crippen molar-refractivity contribution in [1.82, 2.24) is 4.90 Å². The maximum absolute atomic E-state index is 8.34. The molecule has 0 saturated carbocycles. The molecule has 0 aliphatic rings. The molecule has 5 heteroatoms. The predicted octanol–water partition coefficient (Wildman–Crippen LogP) is -1.77. The van der Waals surface area contributed by atoms with E-state index in [4.69, 9.17) is 21.1 Å². The number of aliphatic hydroxyl groups is 3. The molecule has 0 aromatic carbocycles. The van der Waals surface area contributed by atoms with Crippen LogP contribution in [-0.2, 0) is 0 Å². The van der Waals surface area contributed by atoms with Gasteiger partial charge in [0.1, 0.15) is 0 Å². The van der Waals surface area contributed by atoms with Gasteiger partial charge in [0, 0.05) is 19.6 Å². The molecule has 0 rings (SSSR count). The summed E-state index contributed by atoms with van der Waals surface area (Å²) in [6.07, 6.45) is -0.338. The topological polar surface area (TPSA) is 90.0 Å². The van der Waals surface area contributed by atoms with E-state index in [9.17, 15) is 0 Å². The van der Waals surface area contributed by atoms with Crippen LogP contribution in [0.25, 0.3) is 0 Å². The molecule has 1 atom stereocenters. The van der Waals surface area contributed by atoms with Crippen molar-refractivity contribution in [1.29, 1.82) is 0 Å².